The van der Waals surface area contributed by atoms with Gasteiger partial charge in [-0.2, -0.15) is 0 Å². The molecule has 0 aliphatic rings. The molecule has 0 spiro atoms. The van der Waals surface area contributed by atoms with Crippen molar-refractivity contribution in [2.45, 2.75) is 13.3 Å². The highest BCUT2D eigenvalue weighted by molar-refractivity contribution is 5.85. The van der Waals surface area contributed by atoms with Gasteiger partial charge in [-0.05, 0) is 18.6 Å². The van der Waals surface area contributed by atoms with E-state index in [1.807, 2.05) is 6.92 Å². The molecule has 6 heteroatoms. The van der Waals surface area contributed by atoms with E-state index in [-0.39, 0.29) is 23.8 Å². The smallest absolute Gasteiger partial charge is 0.312 e. The number of ether oxygens (including phenoxy) is 1. The summed E-state index contributed by atoms with van der Waals surface area (Å²) in [7, 11) is 0. The molecule has 15 heavy (non-hydrogen) atoms. The largest absolute Gasteiger partial charge is 0.487 e. The molecule has 0 heterocycles. The number of nitro groups is 1. The monoisotopic (exact) mass is 232 g/mol. The number of anilines is 1. The average molecular weight is 233 g/mol. The van der Waals surface area contributed by atoms with Crippen molar-refractivity contribution in [2.75, 3.05) is 12.3 Å². The van der Waals surface area contributed by atoms with Crippen molar-refractivity contribution in [2.24, 2.45) is 0 Å². The average Bonchev–Trinajstić information content (AvgIpc) is 2.15. The van der Waals surface area contributed by atoms with Gasteiger partial charge in [0.2, 0.25) is 0 Å². The first-order valence-electron chi connectivity index (χ1n) is 4.32. The Kier molecular flexibility index (Phi) is 5.48. The van der Waals surface area contributed by atoms with Crippen LogP contribution < -0.4 is 10.5 Å². The molecule has 0 aromatic heterocycles. The second kappa shape index (κ2) is 6.08. The van der Waals surface area contributed by atoms with Crippen LogP contribution in [0.4, 0.5) is 11.4 Å². The van der Waals surface area contributed by atoms with Crippen LogP contribution in [0, 0.1) is 10.1 Å². The summed E-state index contributed by atoms with van der Waals surface area (Å²) in [6.07, 6.45) is 0.807. The van der Waals surface area contributed by atoms with Crippen molar-refractivity contribution in [3.05, 3.63) is 28.3 Å². The highest BCUT2D eigenvalue weighted by Gasteiger charge is 2.14. The summed E-state index contributed by atoms with van der Waals surface area (Å²) in [6.45, 7) is 2.40. The van der Waals surface area contributed by atoms with Crippen LogP contribution in [0.25, 0.3) is 0 Å². The molecule has 0 bridgehead atoms. The Morgan fingerprint density at radius 2 is 2.20 bits per heavy atom. The predicted octanol–water partition coefficient (Wildman–Crippen LogP) is 2.39. The van der Waals surface area contributed by atoms with E-state index in [2.05, 4.69) is 0 Å². The molecular formula is C9H13ClN2O3. The Morgan fingerprint density at radius 3 is 2.73 bits per heavy atom. The van der Waals surface area contributed by atoms with E-state index in [9.17, 15) is 10.1 Å². The molecule has 0 radical (unpaired) electrons. The van der Waals surface area contributed by atoms with Crippen LogP contribution in [0.1, 0.15) is 13.3 Å². The fourth-order valence-corrected chi connectivity index (χ4v) is 1.01. The molecule has 84 valence electrons. The molecule has 0 aliphatic carbocycles. The number of benzene rings is 1. The zero-order chi connectivity index (χ0) is 10.6. The van der Waals surface area contributed by atoms with E-state index < -0.39 is 4.92 Å². The molecule has 0 saturated carbocycles. The minimum Gasteiger partial charge on any atom is -0.487 e. The number of rotatable bonds is 4. The van der Waals surface area contributed by atoms with Crippen LogP contribution in [0.5, 0.6) is 5.75 Å². The van der Waals surface area contributed by atoms with E-state index in [1.54, 1.807) is 6.07 Å². The maximum Gasteiger partial charge on any atom is 0.312 e. The van der Waals surface area contributed by atoms with Crippen LogP contribution in [0.15, 0.2) is 18.2 Å². The Labute approximate surface area is 93.8 Å². The minimum atomic E-state index is -0.499. The van der Waals surface area contributed by atoms with Gasteiger partial charge in [0, 0.05) is 11.8 Å². The van der Waals surface area contributed by atoms with Gasteiger partial charge in [-0.3, -0.25) is 10.1 Å². The molecule has 1 rings (SSSR count). The molecule has 1 aromatic rings. The van der Waals surface area contributed by atoms with Crippen molar-refractivity contribution in [3.8, 4) is 5.75 Å². The number of halogens is 1. The highest BCUT2D eigenvalue weighted by Crippen LogP contribution is 2.28. The van der Waals surface area contributed by atoms with Crippen LogP contribution >= 0.6 is 12.4 Å². The first-order valence-corrected chi connectivity index (χ1v) is 4.32. The molecule has 5 nitrogen and oxygen atoms in total. The first-order chi connectivity index (χ1) is 6.65. The van der Waals surface area contributed by atoms with Gasteiger partial charge >= 0.3 is 5.69 Å². The molecule has 0 atom stereocenters. The Hall–Kier alpha value is -1.49. The van der Waals surface area contributed by atoms with Gasteiger partial charge in [0.05, 0.1) is 11.5 Å². The van der Waals surface area contributed by atoms with Crippen molar-refractivity contribution >= 4 is 23.8 Å². The van der Waals surface area contributed by atoms with Crippen molar-refractivity contribution in [3.63, 3.8) is 0 Å². The summed E-state index contributed by atoms with van der Waals surface area (Å²) in [5.41, 5.74) is 5.71. The summed E-state index contributed by atoms with van der Waals surface area (Å²) in [4.78, 5) is 10.1. The third-order valence-electron chi connectivity index (χ3n) is 1.64. The van der Waals surface area contributed by atoms with Crippen molar-refractivity contribution < 1.29 is 9.66 Å². The number of nitrogen functional groups attached to an aromatic ring is 1. The van der Waals surface area contributed by atoms with Gasteiger partial charge < -0.3 is 10.5 Å². The Morgan fingerprint density at radius 1 is 1.53 bits per heavy atom. The molecule has 0 fully saturated rings. The molecule has 0 amide bonds. The zero-order valence-corrected chi connectivity index (χ0v) is 9.12. The number of nitro benzene ring substituents is 1. The quantitative estimate of drug-likeness (QED) is 0.491. The van der Waals surface area contributed by atoms with E-state index in [0.29, 0.717) is 12.3 Å². The van der Waals surface area contributed by atoms with Gasteiger partial charge in [0.1, 0.15) is 0 Å². The fourth-order valence-electron chi connectivity index (χ4n) is 1.01. The highest BCUT2D eigenvalue weighted by atomic mass is 35.5. The van der Waals surface area contributed by atoms with Gasteiger partial charge in [-0.15, -0.1) is 12.4 Å². The number of hydrogen-bond donors (Lipinski definition) is 1. The summed E-state index contributed by atoms with van der Waals surface area (Å²) in [6, 6.07) is 4.39. The second-order valence-electron chi connectivity index (χ2n) is 2.83. The van der Waals surface area contributed by atoms with Crippen LogP contribution in [0.3, 0.4) is 0 Å². The molecule has 0 saturated heterocycles. The van der Waals surface area contributed by atoms with E-state index in [1.165, 1.54) is 12.1 Å². The lowest BCUT2D eigenvalue weighted by atomic mass is 10.2. The normalized spacial score (nSPS) is 9.13. The van der Waals surface area contributed by atoms with Crippen LogP contribution in [-0.4, -0.2) is 11.5 Å². The number of hydrogen-bond acceptors (Lipinski definition) is 4. The minimum absolute atomic E-state index is 0. The first kappa shape index (κ1) is 13.5. The van der Waals surface area contributed by atoms with Gasteiger partial charge in [-0.25, -0.2) is 0 Å². The number of nitrogens with two attached hydrogens (primary N) is 1. The SMILES string of the molecule is CCCOc1ccc(N)cc1[N+](=O)[O-].Cl. The van der Waals surface area contributed by atoms with Gasteiger partial charge in [-0.1, -0.05) is 6.92 Å². The molecule has 0 unspecified atom stereocenters. The van der Waals surface area contributed by atoms with E-state index >= 15 is 0 Å². The Bertz CT molecular complexity index is 344. The van der Waals surface area contributed by atoms with E-state index in [0.717, 1.165) is 6.42 Å². The van der Waals surface area contributed by atoms with Crippen molar-refractivity contribution in [1.82, 2.24) is 0 Å². The third kappa shape index (κ3) is 3.63. The second-order valence-corrected chi connectivity index (χ2v) is 2.83. The number of nitrogens with zero attached hydrogens (tertiary/aromatic N) is 1. The summed E-state index contributed by atoms with van der Waals surface area (Å²) >= 11 is 0. The van der Waals surface area contributed by atoms with Gasteiger partial charge in [0.25, 0.3) is 0 Å². The van der Waals surface area contributed by atoms with Crippen LogP contribution in [-0.2, 0) is 0 Å². The Balaban J connectivity index is 0.00000196. The summed E-state index contributed by atoms with van der Waals surface area (Å²) < 4.78 is 5.21. The maximum atomic E-state index is 10.6. The van der Waals surface area contributed by atoms with E-state index in [4.69, 9.17) is 10.5 Å². The zero-order valence-electron chi connectivity index (χ0n) is 8.30. The summed E-state index contributed by atoms with van der Waals surface area (Å²) in [5.74, 6) is 0.269. The lowest BCUT2D eigenvalue weighted by molar-refractivity contribution is -0.385. The molecular weight excluding hydrogens is 220 g/mol. The fraction of sp³-hybridized carbons (Fsp3) is 0.333. The lowest BCUT2D eigenvalue weighted by Gasteiger charge is -2.05. The molecule has 0 aliphatic heterocycles. The molecule has 1 aromatic carbocycles. The van der Waals surface area contributed by atoms with Crippen molar-refractivity contribution in [1.29, 1.82) is 0 Å². The maximum absolute atomic E-state index is 10.6. The topological polar surface area (TPSA) is 78.4 Å². The predicted molar refractivity (Wildman–Crippen MR) is 60.5 cm³/mol. The van der Waals surface area contributed by atoms with Gasteiger partial charge in [0.15, 0.2) is 5.75 Å². The molecule has 2 N–H and O–H groups in total. The standard InChI is InChI=1S/C9H12N2O3.ClH/c1-2-5-14-9-4-3-7(10)6-8(9)11(12)13;/h3-4,6H,2,5,10H2,1H3;1H. The van der Waals surface area contributed by atoms with Crippen LogP contribution in [0.2, 0.25) is 0 Å². The lowest BCUT2D eigenvalue weighted by Crippen LogP contribution is -2.00. The summed E-state index contributed by atoms with van der Waals surface area (Å²) in [5, 5.41) is 10.6. The third-order valence-corrected chi connectivity index (χ3v) is 1.64.